The average Bonchev–Trinajstić information content (AvgIpc) is 3.15. The van der Waals surface area contributed by atoms with Crippen LogP contribution in [0.5, 0.6) is 0 Å². The van der Waals surface area contributed by atoms with Crippen LogP contribution in [0.15, 0.2) is 69.3 Å². The Morgan fingerprint density at radius 2 is 1.79 bits per heavy atom. The zero-order valence-corrected chi connectivity index (χ0v) is 18.9. The Kier molecular flexibility index (Phi) is 6.55. The summed E-state index contributed by atoms with van der Waals surface area (Å²) in [6.45, 7) is 3.96. The van der Waals surface area contributed by atoms with Crippen molar-refractivity contribution in [2.75, 3.05) is 11.1 Å². The van der Waals surface area contributed by atoms with Crippen LogP contribution in [0.25, 0.3) is 5.69 Å². The number of carbonyl (C=O) groups is 1. The third kappa shape index (κ3) is 5.66. The lowest BCUT2D eigenvalue weighted by Gasteiger charge is -2.11. The van der Waals surface area contributed by atoms with Gasteiger partial charge in [-0.1, -0.05) is 41.6 Å². The maximum absolute atomic E-state index is 12.5. The monoisotopic (exact) mass is 462 g/mol. The van der Waals surface area contributed by atoms with Crippen LogP contribution in [-0.2, 0) is 11.2 Å². The summed E-state index contributed by atoms with van der Waals surface area (Å²) in [7, 11) is 0. The van der Waals surface area contributed by atoms with Crippen LogP contribution >= 0.6 is 11.8 Å². The molecule has 9 nitrogen and oxygen atoms in total. The highest BCUT2D eigenvalue weighted by Gasteiger charge is 2.17. The second-order valence-electron chi connectivity index (χ2n) is 7.57. The topological polar surface area (TPSA) is 126 Å². The molecule has 0 aliphatic rings. The van der Waals surface area contributed by atoms with Crippen molar-refractivity contribution >= 4 is 23.4 Å². The van der Waals surface area contributed by atoms with E-state index in [1.165, 1.54) is 17.8 Å². The number of aromatic nitrogens is 5. The molecule has 0 bridgehead atoms. The van der Waals surface area contributed by atoms with Crippen LogP contribution in [0.3, 0.4) is 0 Å². The number of benzene rings is 2. The second-order valence-corrected chi connectivity index (χ2v) is 8.51. The maximum atomic E-state index is 12.5. The van der Waals surface area contributed by atoms with Crippen molar-refractivity contribution < 1.29 is 4.79 Å². The predicted molar refractivity (Wildman–Crippen MR) is 127 cm³/mol. The Balaban J connectivity index is 1.59. The Morgan fingerprint density at radius 3 is 2.52 bits per heavy atom. The number of nitrogens with zero attached hydrogens (tertiary/aromatic N) is 3. The molecule has 0 saturated heterocycles. The van der Waals surface area contributed by atoms with Gasteiger partial charge in [0.1, 0.15) is 5.82 Å². The van der Waals surface area contributed by atoms with Gasteiger partial charge in [0.15, 0.2) is 5.16 Å². The number of hydrogen-bond donors (Lipinski definition) is 3. The van der Waals surface area contributed by atoms with Crippen LogP contribution < -0.4 is 16.6 Å². The predicted octanol–water partition coefficient (Wildman–Crippen LogP) is 2.58. The van der Waals surface area contributed by atoms with Crippen molar-refractivity contribution in [2.24, 2.45) is 0 Å². The summed E-state index contributed by atoms with van der Waals surface area (Å²) in [5, 5.41) is 11.9. The van der Waals surface area contributed by atoms with Gasteiger partial charge in [-0.3, -0.25) is 19.1 Å². The van der Waals surface area contributed by atoms with Crippen LogP contribution in [0.4, 0.5) is 5.69 Å². The molecule has 1 amide bonds. The normalized spacial score (nSPS) is 10.8. The number of amides is 1. The molecule has 0 atom stereocenters. The molecule has 168 valence electrons. The first-order valence-corrected chi connectivity index (χ1v) is 11.2. The SMILES string of the molecule is Cc1ccc(NC(=O)CSc2nnc(Cc3cc(=O)[nH]c(=O)[nH]3)n2-c2cccc(C)c2)cc1. The standard InChI is InChI=1S/C23H22N6O3S/c1-14-6-8-16(9-7-14)24-21(31)13-33-23-28-27-19(11-17-12-20(30)26-22(32)25-17)29(23)18-5-3-4-15(2)10-18/h3-10,12H,11,13H2,1-2H3,(H,24,31)(H2,25,26,30,32). The number of carbonyl (C=O) groups excluding carboxylic acids is 1. The largest absolute Gasteiger partial charge is 0.325 e. The van der Waals surface area contributed by atoms with E-state index >= 15 is 0 Å². The number of nitrogens with one attached hydrogen (secondary N) is 3. The first-order valence-electron chi connectivity index (χ1n) is 10.2. The summed E-state index contributed by atoms with van der Waals surface area (Å²) in [4.78, 5) is 40.6. The highest BCUT2D eigenvalue weighted by Crippen LogP contribution is 2.24. The van der Waals surface area contributed by atoms with E-state index in [0.717, 1.165) is 22.5 Å². The minimum absolute atomic E-state index is 0.139. The van der Waals surface area contributed by atoms with Gasteiger partial charge in [0.25, 0.3) is 5.56 Å². The van der Waals surface area contributed by atoms with Gasteiger partial charge in [-0.25, -0.2) is 4.79 Å². The van der Waals surface area contributed by atoms with Gasteiger partial charge >= 0.3 is 5.69 Å². The van der Waals surface area contributed by atoms with Gasteiger partial charge < -0.3 is 10.3 Å². The van der Waals surface area contributed by atoms with Crippen molar-refractivity contribution in [1.29, 1.82) is 0 Å². The van der Waals surface area contributed by atoms with Crippen molar-refractivity contribution in [2.45, 2.75) is 25.4 Å². The van der Waals surface area contributed by atoms with Crippen LogP contribution in [0.1, 0.15) is 22.6 Å². The molecule has 10 heteroatoms. The molecule has 2 aromatic heterocycles. The van der Waals surface area contributed by atoms with Crippen molar-refractivity contribution in [3.05, 3.63) is 98.1 Å². The van der Waals surface area contributed by atoms with Crippen molar-refractivity contribution in [3.8, 4) is 5.69 Å². The molecule has 0 aliphatic heterocycles. The smallest absolute Gasteiger partial charge is 0.325 e. The van der Waals surface area contributed by atoms with Gasteiger partial charge in [0.2, 0.25) is 5.91 Å². The number of aromatic amines is 2. The summed E-state index contributed by atoms with van der Waals surface area (Å²) in [6.07, 6.45) is 0.191. The van der Waals surface area contributed by atoms with Gasteiger partial charge in [-0.15, -0.1) is 10.2 Å². The molecule has 4 rings (SSSR count). The van der Waals surface area contributed by atoms with Gasteiger partial charge in [-0.2, -0.15) is 0 Å². The summed E-state index contributed by atoms with van der Waals surface area (Å²) >= 11 is 1.25. The maximum Gasteiger partial charge on any atom is 0.325 e. The van der Waals surface area contributed by atoms with Crippen LogP contribution in [0.2, 0.25) is 0 Å². The lowest BCUT2D eigenvalue weighted by Crippen LogP contribution is -2.23. The molecule has 2 aromatic carbocycles. The third-order valence-electron chi connectivity index (χ3n) is 4.79. The first kappa shape index (κ1) is 22.3. The molecule has 0 radical (unpaired) electrons. The summed E-state index contributed by atoms with van der Waals surface area (Å²) in [5.74, 6) is 0.506. The molecule has 0 fully saturated rings. The zero-order valence-electron chi connectivity index (χ0n) is 18.1. The lowest BCUT2D eigenvalue weighted by atomic mass is 10.2. The third-order valence-corrected chi connectivity index (χ3v) is 5.72. The Morgan fingerprint density at radius 1 is 1.00 bits per heavy atom. The van der Waals surface area contributed by atoms with Gasteiger partial charge in [0.05, 0.1) is 5.75 Å². The van der Waals surface area contributed by atoms with E-state index in [2.05, 4.69) is 25.5 Å². The Labute approximate surface area is 193 Å². The summed E-state index contributed by atoms with van der Waals surface area (Å²) in [6, 6.07) is 16.7. The molecule has 3 N–H and O–H groups in total. The Hall–Kier alpha value is -3.92. The van der Waals surface area contributed by atoms with Gasteiger partial charge in [0, 0.05) is 29.6 Å². The highest BCUT2D eigenvalue weighted by molar-refractivity contribution is 7.99. The molecular formula is C23H22N6O3S. The number of thioether (sulfide) groups is 1. The number of anilines is 1. The Bertz CT molecular complexity index is 1380. The number of aryl methyl sites for hydroxylation is 2. The molecule has 4 aromatic rings. The lowest BCUT2D eigenvalue weighted by molar-refractivity contribution is -0.113. The van der Waals surface area contributed by atoms with E-state index in [4.69, 9.17) is 0 Å². The highest BCUT2D eigenvalue weighted by atomic mass is 32.2. The van der Waals surface area contributed by atoms with E-state index in [9.17, 15) is 14.4 Å². The number of hydrogen-bond acceptors (Lipinski definition) is 6. The fourth-order valence-corrected chi connectivity index (χ4v) is 4.05. The second kappa shape index (κ2) is 9.70. The van der Waals surface area contributed by atoms with E-state index in [1.54, 1.807) is 0 Å². The first-order chi connectivity index (χ1) is 15.9. The average molecular weight is 463 g/mol. The fraction of sp³-hybridized carbons (Fsp3) is 0.174. The van der Waals surface area contributed by atoms with Crippen molar-refractivity contribution in [1.82, 2.24) is 24.7 Å². The van der Waals surface area contributed by atoms with E-state index in [-0.39, 0.29) is 18.1 Å². The van der Waals surface area contributed by atoms with E-state index in [0.29, 0.717) is 16.7 Å². The molecule has 33 heavy (non-hydrogen) atoms. The van der Waals surface area contributed by atoms with Gasteiger partial charge in [-0.05, 0) is 43.7 Å². The summed E-state index contributed by atoms with van der Waals surface area (Å²) < 4.78 is 1.83. The molecule has 2 heterocycles. The van der Waals surface area contributed by atoms with Crippen molar-refractivity contribution in [3.63, 3.8) is 0 Å². The molecule has 0 aliphatic carbocycles. The quantitative estimate of drug-likeness (QED) is 0.363. The van der Waals surface area contributed by atoms with Crippen LogP contribution in [-0.4, -0.2) is 36.4 Å². The van der Waals surface area contributed by atoms with Crippen LogP contribution in [0, 0.1) is 13.8 Å². The summed E-state index contributed by atoms with van der Waals surface area (Å²) in [5.41, 5.74) is 3.06. The van der Waals surface area contributed by atoms with E-state index in [1.807, 2.05) is 66.9 Å². The minimum atomic E-state index is -0.582. The molecule has 0 unspecified atom stereocenters. The van der Waals surface area contributed by atoms with E-state index < -0.39 is 11.2 Å². The fourth-order valence-electron chi connectivity index (χ4n) is 3.28. The minimum Gasteiger partial charge on any atom is -0.325 e. The molecular weight excluding hydrogens is 440 g/mol. The number of H-pyrrole nitrogens is 2. The number of rotatable bonds is 7. The molecule has 0 saturated carbocycles. The molecule has 0 spiro atoms. The zero-order chi connectivity index (χ0) is 23.4.